The van der Waals surface area contributed by atoms with Gasteiger partial charge >= 0.3 is 5.97 Å². The molecule has 200 valence electrons. The van der Waals surface area contributed by atoms with Gasteiger partial charge < -0.3 is 18.6 Å². The number of hydrogen-bond donors (Lipinski definition) is 0. The number of hydrogen-bond acceptors (Lipinski definition) is 8. The standard InChI is InChI=1S/C29H25BrN2O6S/c1-5-37-28(34)25-16(2)31-29-32(26(25)21-14-19(35-3)10-13-23(21)36-4)27(33)24(39-29)15-20-11-12-22(38-20)17-6-8-18(30)9-7-17/h6-15,26H,5H2,1-4H3/b24-15+. The molecule has 1 aliphatic heterocycles. The van der Waals surface area contributed by atoms with Gasteiger partial charge in [-0.1, -0.05) is 39.4 Å². The summed E-state index contributed by atoms with van der Waals surface area (Å²) in [4.78, 5) is 32.1. The van der Waals surface area contributed by atoms with Crippen LogP contribution in [0.15, 0.2) is 84.5 Å². The molecule has 0 fully saturated rings. The number of rotatable bonds is 7. The molecule has 0 spiro atoms. The van der Waals surface area contributed by atoms with Gasteiger partial charge in [0, 0.05) is 21.7 Å². The molecule has 1 atom stereocenters. The van der Waals surface area contributed by atoms with Crippen LogP contribution in [0.3, 0.4) is 0 Å². The van der Waals surface area contributed by atoms with Gasteiger partial charge in [-0.3, -0.25) is 9.36 Å². The Balaban J connectivity index is 1.68. The van der Waals surface area contributed by atoms with Crippen LogP contribution in [0.5, 0.6) is 11.5 Å². The van der Waals surface area contributed by atoms with Crippen molar-refractivity contribution in [2.45, 2.75) is 19.9 Å². The zero-order chi connectivity index (χ0) is 27.7. The number of allylic oxidation sites excluding steroid dienone is 1. The first kappa shape index (κ1) is 26.7. The SMILES string of the molecule is CCOC(=O)C1=C(C)N=c2s/c(=C/c3ccc(-c4ccc(Br)cc4)o3)c(=O)n2C1c1cc(OC)ccc1OC. The van der Waals surface area contributed by atoms with E-state index in [4.69, 9.17) is 18.6 Å². The molecule has 0 N–H and O–H groups in total. The van der Waals surface area contributed by atoms with Crippen LogP contribution in [-0.2, 0) is 9.53 Å². The maximum Gasteiger partial charge on any atom is 0.338 e. The Morgan fingerprint density at radius 3 is 2.59 bits per heavy atom. The second kappa shape index (κ2) is 11.1. The first-order valence-corrected chi connectivity index (χ1v) is 13.7. The highest BCUT2D eigenvalue weighted by molar-refractivity contribution is 9.10. The Morgan fingerprint density at radius 1 is 1.13 bits per heavy atom. The minimum absolute atomic E-state index is 0.182. The van der Waals surface area contributed by atoms with E-state index in [1.807, 2.05) is 36.4 Å². The minimum Gasteiger partial charge on any atom is -0.497 e. The molecule has 39 heavy (non-hydrogen) atoms. The topological polar surface area (TPSA) is 92.3 Å². The average Bonchev–Trinajstić information content (AvgIpc) is 3.52. The molecular weight excluding hydrogens is 584 g/mol. The van der Waals surface area contributed by atoms with Crippen LogP contribution in [0.25, 0.3) is 17.4 Å². The Morgan fingerprint density at radius 2 is 1.90 bits per heavy atom. The number of carbonyl (C=O) groups is 1. The molecular formula is C29H25BrN2O6S. The fourth-order valence-corrected chi connectivity index (χ4v) is 5.76. The second-order valence-corrected chi connectivity index (χ2v) is 10.5. The van der Waals surface area contributed by atoms with E-state index in [0.29, 0.717) is 43.6 Å². The van der Waals surface area contributed by atoms with Crippen molar-refractivity contribution in [2.75, 3.05) is 20.8 Å². The lowest BCUT2D eigenvalue weighted by Gasteiger charge is -2.26. The molecule has 1 aliphatic rings. The van der Waals surface area contributed by atoms with Crippen molar-refractivity contribution in [3.05, 3.63) is 101 Å². The molecule has 0 saturated carbocycles. The van der Waals surface area contributed by atoms with Gasteiger partial charge in [-0.25, -0.2) is 9.79 Å². The predicted molar refractivity (Wildman–Crippen MR) is 152 cm³/mol. The summed E-state index contributed by atoms with van der Waals surface area (Å²) in [7, 11) is 3.09. The Kier molecular flexibility index (Phi) is 7.58. The summed E-state index contributed by atoms with van der Waals surface area (Å²) in [5.74, 6) is 1.71. The molecule has 0 radical (unpaired) electrons. The zero-order valence-electron chi connectivity index (χ0n) is 21.7. The zero-order valence-corrected chi connectivity index (χ0v) is 24.1. The summed E-state index contributed by atoms with van der Waals surface area (Å²) < 4.78 is 25.4. The van der Waals surface area contributed by atoms with Crippen molar-refractivity contribution in [1.82, 2.24) is 4.57 Å². The van der Waals surface area contributed by atoms with Crippen LogP contribution >= 0.6 is 27.3 Å². The summed E-state index contributed by atoms with van der Waals surface area (Å²) in [5, 5.41) is 0. The van der Waals surface area contributed by atoms with E-state index >= 15 is 0 Å². The molecule has 2 aromatic carbocycles. The maximum atomic E-state index is 13.9. The number of carbonyl (C=O) groups excluding carboxylic acids is 1. The molecule has 0 bridgehead atoms. The van der Waals surface area contributed by atoms with Gasteiger partial charge in [-0.2, -0.15) is 0 Å². The van der Waals surface area contributed by atoms with Crippen molar-refractivity contribution >= 4 is 39.3 Å². The second-order valence-electron chi connectivity index (χ2n) is 8.62. The number of ether oxygens (including phenoxy) is 3. The Hall–Kier alpha value is -3.89. The molecule has 3 heterocycles. The fraction of sp³-hybridized carbons (Fsp3) is 0.207. The molecule has 8 nitrogen and oxygen atoms in total. The van der Waals surface area contributed by atoms with E-state index in [2.05, 4.69) is 20.9 Å². The average molecular weight is 609 g/mol. The summed E-state index contributed by atoms with van der Waals surface area (Å²) in [6, 6.07) is 15.9. The molecule has 1 unspecified atom stereocenters. The van der Waals surface area contributed by atoms with E-state index in [-0.39, 0.29) is 17.7 Å². The minimum atomic E-state index is -0.831. The number of fused-ring (bicyclic) bond motifs is 1. The molecule has 2 aromatic heterocycles. The largest absolute Gasteiger partial charge is 0.497 e. The van der Waals surface area contributed by atoms with Crippen LogP contribution in [0.4, 0.5) is 0 Å². The Labute approximate surface area is 236 Å². The van der Waals surface area contributed by atoms with Gasteiger partial charge in [0.05, 0.1) is 36.6 Å². The highest BCUT2D eigenvalue weighted by Gasteiger charge is 2.35. The first-order valence-electron chi connectivity index (χ1n) is 12.1. The van der Waals surface area contributed by atoms with E-state index in [1.165, 1.54) is 23.0 Å². The normalized spacial score (nSPS) is 15.1. The summed E-state index contributed by atoms with van der Waals surface area (Å²) >= 11 is 4.66. The number of aromatic nitrogens is 1. The van der Waals surface area contributed by atoms with Crippen molar-refractivity contribution in [1.29, 1.82) is 0 Å². The highest BCUT2D eigenvalue weighted by atomic mass is 79.9. The van der Waals surface area contributed by atoms with Crippen molar-refractivity contribution < 1.29 is 23.4 Å². The van der Waals surface area contributed by atoms with Crippen LogP contribution < -0.4 is 24.4 Å². The monoisotopic (exact) mass is 608 g/mol. The third kappa shape index (κ3) is 5.09. The van der Waals surface area contributed by atoms with Crippen molar-refractivity contribution in [2.24, 2.45) is 4.99 Å². The van der Waals surface area contributed by atoms with Gasteiger partial charge in [0.2, 0.25) is 0 Å². The first-order chi connectivity index (χ1) is 18.8. The van der Waals surface area contributed by atoms with Crippen LogP contribution in [0, 0.1) is 0 Å². The lowest BCUT2D eigenvalue weighted by atomic mass is 9.95. The van der Waals surface area contributed by atoms with E-state index in [0.717, 1.165) is 10.0 Å². The molecule has 10 heteroatoms. The molecule has 4 aromatic rings. The highest BCUT2D eigenvalue weighted by Crippen LogP contribution is 2.37. The number of furan rings is 1. The third-order valence-electron chi connectivity index (χ3n) is 6.28. The summed E-state index contributed by atoms with van der Waals surface area (Å²) in [5.41, 5.74) is 1.91. The van der Waals surface area contributed by atoms with E-state index in [9.17, 15) is 9.59 Å². The Bertz CT molecular complexity index is 1760. The number of methoxy groups -OCH3 is 2. The summed E-state index contributed by atoms with van der Waals surface area (Å²) in [6.45, 7) is 3.65. The number of halogens is 1. The van der Waals surface area contributed by atoms with Gasteiger partial charge in [0.1, 0.15) is 29.1 Å². The smallest absolute Gasteiger partial charge is 0.338 e. The fourth-order valence-electron chi connectivity index (χ4n) is 4.47. The van der Waals surface area contributed by atoms with Crippen LogP contribution in [0.2, 0.25) is 0 Å². The lowest BCUT2D eigenvalue weighted by Crippen LogP contribution is -2.40. The van der Waals surface area contributed by atoms with Crippen molar-refractivity contribution in [3.8, 4) is 22.8 Å². The number of thiazole rings is 1. The molecule has 0 aliphatic carbocycles. The predicted octanol–water partition coefficient (Wildman–Crippen LogP) is 4.84. The summed E-state index contributed by atoms with van der Waals surface area (Å²) in [6.07, 6.45) is 1.69. The van der Waals surface area contributed by atoms with Crippen molar-refractivity contribution in [3.63, 3.8) is 0 Å². The van der Waals surface area contributed by atoms with Gasteiger partial charge in [0.25, 0.3) is 5.56 Å². The quantitative estimate of drug-likeness (QED) is 0.279. The van der Waals surface area contributed by atoms with Gasteiger partial charge in [0.15, 0.2) is 4.80 Å². The van der Waals surface area contributed by atoms with Crippen LogP contribution in [0.1, 0.15) is 31.2 Å². The lowest BCUT2D eigenvalue weighted by molar-refractivity contribution is -0.139. The van der Waals surface area contributed by atoms with Gasteiger partial charge in [-0.15, -0.1) is 0 Å². The third-order valence-corrected chi connectivity index (χ3v) is 7.79. The van der Waals surface area contributed by atoms with E-state index < -0.39 is 12.0 Å². The van der Waals surface area contributed by atoms with E-state index in [1.54, 1.807) is 45.2 Å². The number of benzene rings is 2. The number of esters is 1. The number of nitrogens with zero attached hydrogens (tertiary/aromatic N) is 2. The molecule has 0 amide bonds. The molecule has 0 saturated heterocycles. The maximum absolute atomic E-state index is 13.9. The van der Waals surface area contributed by atoms with Gasteiger partial charge in [-0.05, 0) is 56.3 Å². The molecule has 5 rings (SSSR count). The van der Waals surface area contributed by atoms with Crippen LogP contribution in [-0.4, -0.2) is 31.4 Å².